The largest absolute Gasteiger partial charge is 0.463 e. The van der Waals surface area contributed by atoms with Crippen molar-refractivity contribution in [3.63, 3.8) is 0 Å². The first kappa shape index (κ1) is 19.9. The highest BCUT2D eigenvalue weighted by atomic mass is 16.6. The van der Waals surface area contributed by atoms with E-state index in [2.05, 4.69) is 0 Å². The van der Waals surface area contributed by atoms with E-state index in [1.54, 1.807) is 27.7 Å². The summed E-state index contributed by atoms with van der Waals surface area (Å²) in [6, 6.07) is 0. The van der Waals surface area contributed by atoms with Gasteiger partial charge in [-0.05, 0) is 48.0 Å². The zero-order valence-corrected chi connectivity index (χ0v) is 14.1. The highest BCUT2D eigenvalue weighted by Crippen LogP contribution is 2.31. The Bertz CT molecular complexity index is 361. The van der Waals surface area contributed by atoms with Gasteiger partial charge in [0, 0.05) is 0 Å². The van der Waals surface area contributed by atoms with Gasteiger partial charge in [0.15, 0.2) is 5.60 Å². The lowest BCUT2D eigenvalue weighted by Gasteiger charge is -2.39. The zero-order chi connectivity index (χ0) is 16.8. The number of esters is 2. The molecule has 2 atom stereocenters. The van der Waals surface area contributed by atoms with Gasteiger partial charge in [0.25, 0.3) is 0 Å². The number of hydrogen-bond donors (Lipinski definition) is 1. The van der Waals surface area contributed by atoms with Crippen molar-refractivity contribution in [2.75, 3.05) is 6.61 Å². The zero-order valence-electron chi connectivity index (χ0n) is 14.1. The number of carbonyl (C=O) groups is 2. The van der Waals surface area contributed by atoms with E-state index in [9.17, 15) is 14.7 Å². The van der Waals surface area contributed by atoms with E-state index in [1.165, 1.54) is 13.8 Å². The molecule has 0 amide bonds. The van der Waals surface area contributed by atoms with Gasteiger partial charge in [0.2, 0.25) is 5.60 Å². The first-order chi connectivity index (χ1) is 9.49. The summed E-state index contributed by atoms with van der Waals surface area (Å²) < 4.78 is 15.6. The molecule has 0 rings (SSSR count). The van der Waals surface area contributed by atoms with Crippen LogP contribution >= 0.6 is 0 Å². The number of aliphatic hydroxyl groups is 1. The quantitative estimate of drug-likeness (QED) is 0.689. The van der Waals surface area contributed by atoms with Crippen molar-refractivity contribution in [2.45, 2.75) is 78.3 Å². The van der Waals surface area contributed by atoms with Crippen molar-refractivity contribution < 1.29 is 28.9 Å². The molecule has 21 heavy (non-hydrogen) atoms. The monoisotopic (exact) mass is 304 g/mol. The standard InChI is InChI=1S/C15H28O6/c1-8-9-19-12(16)14(6,18)15(7,21-11(4)5)13(17)20-10(2)3/h10-11,18H,8-9H2,1-7H3. The van der Waals surface area contributed by atoms with E-state index in [1.807, 2.05) is 6.92 Å². The van der Waals surface area contributed by atoms with Crippen LogP contribution < -0.4 is 0 Å². The summed E-state index contributed by atoms with van der Waals surface area (Å²) in [4.78, 5) is 24.4. The molecule has 0 heterocycles. The van der Waals surface area contributed by atoms with E-state index in [4.69, 9.17) is 14.2 Å². The normalized spacial score (nSPS) is 17.2. The summed E-state index contributed by atoms with van der Waals surface area (Å²) >= 11 is 0. The minimum Gasteiger partial charge on any atom is -0.463 e. The molecule has 1 N–H and O–H groups in total. The molecule has 0 saturated carbocycles. The predicted octanol–water partition coefficient (Wildman–Crippen LogP) is 1.83. The summed E-state index contributed by atoms with van der Waals surface area (Å²) in [5.74, 6) is -1.71. The molecule has 0 aliphatic carbocycles. The highest BCUT2D eigenvalue weighted by Gasteiger charge is 2.58. The molecule has 0 radical (unpaired) electrons. The Morgan fingerprint density at radius 3 is 1.95 bits per heavy atom. The van der Waals surface area contributed by atoms with Gasteiger partial charge in [-0.3, -0.25) is 0 Å². The Balaban J connectivity index is 5.45. The second kappa shape index (κ2) is 7.75. The third kappa shape index (κ3) is 4.97. The Hall–Kier alpha value is -1.14. The van der Waals surface area contributed by atoms with Crippen molar-refractivity contribution >= 4 is 11.9 Å². The average molecular weight is 304 g/mol. The first-order valence-corrected chi connectivity index (χ1v) is 7.27. The second-order valence-electron chi connectivity index (χ2n) is 5.86. The lowest BCUT2D eigenvalue weighted by molar-refractivity contribution is -0.226. The number of hydrogen-bond acceptors (Lipinski definition) is 6. The first-order valence-electron chi connectivity index (χ1n) is 7.27. The van der Waals surface area contributed by atoms with E-state index < -0.39 is 29.2 Å². The van der Waals surface area contributed by atoms with E-state index in [-0.39, 0.29) is 12.7 Å². The molecule has 6 nitrogen and oxygen atoms in total. The molecule has 0 saturated heterocycles. The topological polar surface area (TPSA) is 82.1 Å². The van der Waals surface area contributed by atoms with Crippen LogP contribution in [0.2, 0.25) is 0 Å². The average Bonchev–Trinajstić information content (AvgIpc) is 2.33. The molecule has 124 valence electrons. The molecule has 0 fully saturated rings. The molecular weight excluding hydrogens is 276 g/mol. The summed E-state index contributed by atoms with van der Waals surface area (Å²) in [5, 5.41) is 10.6. The van der Waals surface area contributed by atoms with Crippen LogP contribution in [0.1, 0.15) is 54.9 Å². The summed E-state index contributed by atoms with van der Waals surface area (Å²) in [6.45, 7) is 11.3. The van der Waals surface area contributed by atoms with Crippen molar-refractivity contribution in [2.24, 2.45) is 0 Å². The lowest BCUT2D eigenvalue weighted by Crippen LogP contribution is -2.63. The van der Waals surface area contributed by atoms with Crippen molar-refractivity contribution in [1.82, 2.24) is 0 Å². The van der Waals surface area contributed by atoms with Gasteiger partial charge in [-0.15, -0.1) is 0 Å². The van der Waals surface area contributed by atoms with E-state index >= 15 is 0 Å². The van der Waals surface area contributed by atoms with Gasteiger partial charge in [-0.25, -0.2) is 9.59 Å². The van der Waals surface area contributed by atoms with Gasteiger partial charge in [0.1, 0.15) is 0 Å². The summed E-state index contributed by atoms with van der Waals surface area (Å²) in [7, 11) is 0. The molecule has 6 heteroatoms. The Morgan fingerprint density at radius 2 is 1.57 bits per heavy atom. The van der Waals surface area contributed by atoms with Crippen LogP contribution in [0.3, 0.4) is 0 Å². The second-order valence-corrected chi connectivity index (χ2v) is 5.86. The number of ether oxygens (including phenoxy) is 3. The maximum absolute atomic E-state index is 12.3. The van der Waals surface area contributed by atoms with Crippen LogP contribution in [-0.4, -0.2) is 47.1 Å². The third-order valence-electron chi connectivity index (χ3n) is 2.97. The van der Waals surface area contributed by atoms with Crippen LogP contribution in [-0.2, 0) is 23.8 Å². The van der Waals surface area contributed by atoms with Gasteiger partial charge in [-0.2, -0.15) is 0 Å². The van der Waals surface area contributed by atoms with Crippen molar-refractivity contribution in [3.8, 4) is 0 Å². The van der Waals surface area contributed by atoms with Gasteiger partial charge in [0.05, 0.1) is 18.8 Å². The fourth-order valence-corrected chi connectivity index (χ4v) is 1.69. The van der Waals surface area contributed by atoms with Crippen LogP contribution in [0.5, 0.6) is 0 Å². The molecule has 0 aromatic rings. The smallest absolute Gasteiger partial charge is 0.342 e. The molecule has 2 unspecified atom stereocenters. The van der Waals surface area contributed by atoms with Crippen LogP contribution in [0.25, 0.3) is 0 Å². The third-order valence-corrected chi connectivity index (χ3v) is 2.97. The van der Waals surface area contributed by atoms with Crippen LogP contribution in [0.15, 0.2) is 0 Å². The fraction of sp³-hybridized carbons (Fsp3) is 0.867. The predicted molar refractivity (Wildman–Crippen MR) is 77.7 cm³/mol. The van der Waals surface area contributed by atoms with E-state index in [0.29, 0.717) is 6.42 Å². The van der Waals surface area contributed by atoms with Crippen LogP contribution in [0.4, 0.5) is 0 Å². The maximum Gasteiger partial charge on any atom is 0.342 e. The SMILES string of the molecule is CCCOC(=O)C(C)(O)C(C)(OC(C)C)C(=O)OC(C)C. The maximum atomic E-state index is 12.3. The molecule has 0 spiro atoms. The molecular formula is C15H28O6. The van der Waals surface area contributed by atoms with Gasteiger partial charge >= 0.3 is 11.9 Å². The molecule has 0 aromatic heterocycles. The molecule has 0 aliphatic rings. The minimum absolute atomic E-state index is 0.159. The summed E-state index contributed by atoms with van der Waals surface area (Å²) in [5.41, 5.74) is -4.01. The molecule has 0 aliphatic heterocycles. The van der Waals surface area contributed by atoms with Crippen molar-refractivity contribution in [3.05, 3.63) is 0 Å². The number of rotatable bonds is 8. The van der Waals surface area contributed by atoms with Gasteiger partial charge in [-0.1, -0.05) is 6.92 Å². The lowest BCUT2D eigenvalue weighted by atomic mass is 9.85. The minimum atomic E-state index is -2.15. The fourth-order valence-electron chi connectivity index (χ4n) is 1.69. The Morgan fingerprint density at radius 1 is 1.05 bits per heavy atom. The highest BCUT2D eigenvalue weighted by molar-refractivity contribution is 5.92. The molecule has 0 aromatic carbocycles. The van der Waals surface area contributed by atoms with E-state index in [0.717, 1.165) is 0 Å². The number of carbonyl (C=O) groups excluding carboxylic acids is 2. The van der Waals surface area contributed by atoms with Gasteiger partial charge < -0.3 is 19.3 Å². The Labute approximate surface area is 126 Å². The summed E-state index contributed by atoms with van der Waals surface area (Å²) in [6.07, 6.45) is -0.171. The van der Waals surface area contributed by atoms with Crippen LogP contribution in [0, 0.1) is 0 Å². The van der Waals surface area contributed by atoms with Crippen molar-refractivity contribution in [1.29, 1.82) is 0 Å². The molecule has 0 bridgehead atoms. The Kier molecular flexibility index (Phi) is 7.33.